The van der Waals surface area contributed by atoms with Crippen molar-refractivity contribution in [2.24, 2.45) is 0 Å². The fraction of sp³-hybridized carbons (Fsp3) is 0.455. The van der Waals surface area contributed by atoms with Crippen molar-refractivity contribution in [1.82, 2.24) is 0 Å². The molecule has 90 valence electrons. The molecule has 0 bridgehead atoms. The van der Waals surface area contributed by atoms with Gasteiger partial charge in [-0.15, -0.1) is 0 Å². The van der Waals surface area contributed by atoms with Crippen LogP contribution in [-0.4, -0.2) is 31.3 Å². The molecular formula is C11H15BrO4. The molecule has 5 heteroatoms. The molecule has 0 saturated carbocycles. The molecule has 0 aliphatic rings. The van der Waals surface area contributed by atoms with Crippen LogP contribution in [0.15, 0.2) is 12.1 Å². The molecule has 0 aliphatic heterocycles. The zero-order valence-electron chi connectivity index (χ0n) is 9.33. The van der Waals surface area contributed by atoms with Gasteiger partial charge in [0.05, 0.1) is 27.4 Å². The Morgan fingerprint density at radius 2 is 2.00 bits per heavy atom. The largest absolute Gasteiger partial charge is 0.504 e. The average Bonchev–Trinajstić information content (AvgIpc) is 2.28. The highest BCUT2D eigenvalue weighted by Crippen LogP contribution is 2.37. The van der Waals surface area contributed by atoms with Gasteiger partial charge in [0.1, 0.15) is 0 Å². The van der Waals surface area contributed by atoms with Gasteiger partial charge in [-0.25, -0.2) is 0 Å². The molecule has 1 N–H and O–H groups in total. The quantitative estimate of drug-likeness (QED) is 0.645. The lowest BCUT2D eigenvalue weighted by atomic mass is 10.2. The van der Waals surface area contributed by atoms with Crippen molar-refractivity contribution in [2.75, 3.05) is 26.2 Å². The highest BCUT2D eigenvalue weighted by atomic mass is 79.9. The minimum atomic E-state index is 0.0549. The Morgan fingerprint density at radius 1 is 1.25 bits per heavy atom. The van der Waals surface area contributed by atoms with Crippen LogP contribution in [0, 0.1) is 0 Å². The first kappa shape index (κ1) is 13.1. The first-order valence-corrected chi connectivity index (χ1v) is 5.92. The van der Waals surface area contributed by atoms with Crippen LogP contribution in [0.3, 0.4) is 0 Å². The summed E-state index contributed by atoms with van der Waals surface area (Å²) < 4.78 is 15.5. The second-order valence-corrected chi connectivity index (χ2v) is 3.89. The fourth-order valence-corrected chi connectivity index (χ4v) is 1.56. The predicted molar refractivity (Wildman–Crippen MR) is 64.7 cm³/mol. The molecule has 0 heterocycles. The maximum atomic E-state index is 9.69. The number of ether oxygens (including phenoxy) is 3. The van der Waals surface area contributed by atoms with Crippen molar-refractivity contribution in [1.29, 1.82) is 0 Å². The Bertz CT molecular complexity index is 341. The summed E-state index contributed by atoms with van der Waals surface area (Å²) in [6.45, 7) is 1.05. The number of phenolic OH excluding ortho intramolecular Hbond substituents is 1. The van der Waals surface area contributed by atoms with Gasteiger partial charge in [0.25, 0.3) is 0 Å². The zero-order chi connectivity index (χ0) is 12.0. The molecule has 0 aliphatic carbocycles. The van der Waals surface area contributed by atoms with E-state index in [1.807, 2.05) is 0 Å². The number of hydrogen-bond acceptors (Lipinski definition) is 4. The van der Waals surface area contributed by atoms with Crippen molar-refractivity contribution in [2.45, 2.75) is 6.61 Å². The van der Waals surface area contributed by atoms with E-state index in [4.69, 9.17) is 14.2 Å². The Hall–Kier alpha value is -0.940. The van der Waals surface area contributed by atoms with E-state index in [1.54, 1.807) is 12.1 Å². The normalized spacial score (nSPS) is 10.2. The van der Waals surface area contributed by atoms with Crippen LogP contribution in [0.5, 0.6) is 17.2 Å². The highest BCUT2D eigenvalue weighted by Gasteiger charge is 2.11. The lowest BCUT2D eigenvalue weighted by molar-refractivity contribution is 0.136. The van der Waals surface area contributed by atoms with Gasteiger partial charge in [0, 0.05) is 5.33 Å². The summed E-state index contributed by atoms with van der Waals surface area (Å²) >= 11 is 3.27. The number of methoxy groups -OCH3 is 2. The minimum absolute atomic E-state index is 0.0549. The highest BCUT2D eigenvalue weighted by molar-refractivity contribution is 9.09. The number of benzene rings is 1. The van der Waals surface area contributed by atoms with E-state index in [0.717, 1.165) is 10.9 Å². The van der Waals surface area contributed by atoms with Crippen LogP contribution in [-0.2, 0) is 11.3 Å². The van der Waals surface area contributed by atoms with Crippen molar-refractivity contribution in [3.63, 3.8) is 0 Å². The molecule has 16 heavy (non-hydrogen) atoms. The number of alkyl halides is 1. The van der Waals surface area contributed by atoms with Gasteiger partial charge in [0.15, 0.2) is 11.5 Å². The summed E-state index contributed by atoms with van der Waals surface area (Å²) in [6, 6.07) is 3.39. The smallest absolute Gasteiger partial charge is 0.203 e. The van der Waals surface area contributed by atoms with E-state index < -0.39 is 0 Å². The van der Waals surface area contributed by atoms with Gasteiger partial charge in [-0.05, 0) is 17.7 Å². The predicted octanol–water partition coefficient (Wildman–Crippen LogP) is 2.32. The summed E-state index contributed by atoms with van der Waals surface area (Å²) in [4.78, 5) is 0. The Morgan fingerprint density at radius 3 is 2.56 bits per heavy atom. The van der Waals surface area contributed by atoms with Crippen molar-refractivity contribution < 1.29 is 19.3 Å². The van der Waals surface area contributed by atoms with Crippen molar-refractivity contribution in [3.8, 4) is 17.2 Å². The van der Waals surface area contributed by atoms with E-state index in [-0.39, 0.29) is 5.75 Å². The SMILES string of the molecule is COc1cc(COCCBr)cc(O)c1OC. The molecule has 0 amide bonds. The van der Waals surface area contributed by atoms with Crippen LogP contribution in [0.25, 0.3) is 0 Å². The first-order chi connectivity index (χ1) is 7.72. The van der Waals surface area contributed by atoms with Gasteiger partial charge in [-0.3, -0.25) is 0 Å². The summed E-state index contributed by atoms with van der Waals surface area (Å²) in [5, 5.41) is 10.5. The van der Waals surface area contributed by atoms with Crippen molar-refractivity contribution >= 4 is 15.9 Å². The minimum Gasteiger partial charge on any atom is -0.504 e. The molecule has 0 atom stereocenters. The van der Waals surface area contributed by atoms with E-state index in [9.17, 15) is 5.11 Å². The molecule has 0 aromatic heterocycles. The maximum absolute atomic E-state index is 9.69. The van der Waals surface area contributed by atoms with Gasteiger partial charge in [0.2, 0.25) is 5.75 Å². The molecular weight excluding hydrogens is 276 g/mol. The third-order valence-electron chi connectivity index (χ3n) is 2.01. The van der Waals surface area contributed by atoms with Crippen LogP contribution in [0.4, 0.5) is 0 Å². The average molecular weight is 291 g/mol. The second kappa shape index (κ2) is 6.60. The van der Waals surface area contributed by atoms with Gasteiger partial charge >= 0.3 is 0 Å². The second-order valence-electron chi connectivity index (χ2n) is 3.09. The number of rotatable bonds is 6. The Labute approximate surface area is 103 Å². The molecule has 1 aromatic carbocycles. The van der Waals surface area contributed by atoms with E-state index >= 15 is 0 Å². The lowest BCUT2D eigenvalue weighted by Crippen LogP contribution is -1.98. The van der Waals surface area contributed by atoms with Crippen LogP contribution in [0.1, 0.15) is 5.56 Å². The fourth-order valence-electron chi connectivity index (χ4n) is 1.33. The summed E-state index contributed by atoms with van der Waals surface area (Å²) in [5.41, 5.74) is 0.844. The van der Waals surface area contributed by atoms with Crippen molar-refractivity contribution in [3.05, 3.63) is 17.7 Å². The molecule has 0 unspecified atom stereocenters. The monoisotopic (exact) mass is 290 g/mol. The number of hydrogen-bond donors (Lipinski definition) is 1. The summed E-state index contributed by atoms with van der Waals surface area (Å²) in [5.74, 6) is 0.894. The molecule has 0 fully saturated rings. The zero-order valence-corrected chi connectivity index (χ0v) is 10.9. The molecule has 0 spiro atoms. The summed E-state index contributed by atoms with van der Waals surface area (Å²) in [7, 11) is 3.01. The number of halogens is 1. The number of phenols is 1. The van der Waals surface area contributed by atoms with Gasteiger partial charge in [-0.2, -0.15) is 0 Å². The molecule has 0 saturated heterocycles. The lowest BCUT2D eigenvalue weighted by Gasteiger charge is -2.11. The maximum Gasteiger partial charge on any atom is 0.203 e. The van der Waals surface area contributed by atoms with E-state index in [2.05, 4.69) is 15.9 Å². The molecule has 1 aromatic rings. The van der Waals surface area contributed by atoms with Crippen LogP contribution >= 0.6 is 15.9 Å². The molecule has 0 radical (unpaired) electrons. The topological polar surface area (TPSA) is 47.9 Å². The van der Waals surface area contributed by atoms with E-state index in [0.29, 0.717) is 24.7 Å². The Kier molecular flexibility index (Phi) is 5.42. The van der Waals surface area contributed by atoms with Gasteiger partial charge < -0.3 is 19.3 Å². The summed E-state index contributed by atoms with van der Waals surface area (Å²) in [6.07, 6.45) is 0. The number of aromatic hydroxyl groups is 1. The molecule has 1 rings (SSSR count). The third-order valence-corrected chi connectivity index (χ3v) is 2.33. The van der Waals surface area contributed by atoms with Crippen LogP contribution < -0.4 is 9.47 Å². The van der Waals surface area contributed by atoms with Crippen LogP contribution in [0.2, 0.25) is 0 Å². The standard InChI is InChI=1S/C11H15BrO4/c1-14-10-6-8(7-16-4-3-12)5-9(13)11(10)15-2/h5-6,13H,3-4,7H2,1-2H3. The molecule has 4 nitrogen and oxygen atoms in total. The third kappa shape index (κ3) is 3.28. The van der Waals surface area contributed by atoms with E-state index in [1.165, 1.54) is 14.2 Å². The van der Waals surface area contributed by atoms with Gasteiger partial charge in [-0.1, -0.05) is 15.9 Å². The first-order valence-electron chi connectivity index (χ1n) is 4.80. The Balaban J connectivity index is 2.83.